The summed E-state index contributed by atoms with van der Waals surface area (Å²) in [5.74, 6) is -0.00597. The molecule has 4 nitrogen and oxygen atoms in total. The van der Waals surface area contributed by atoms with Crippen LogP contribution in [-0.4, -0.2) is 11.9 Å². The maximum Gasteiger partial charge on any atom is 0.335 e. The fraction of sp³-hybridized carbons (Fsp3) is 0.200. The smallest absolute Gasteiger partial charge is 0.335 e. The van der Waals surface area contributed by atoms with Crippen molar-refractivity contribution in [3.8, 4) is 11.5 Å². The van der Waals surface area contributed by atoms with Gasteiger partial charge in [-0.15, -0.1) is 0 Å². The fourth-order valence-corrected chi connectivity index (χ4v) is 3.23. The normalized spacial score (nSPS) is 13.0. The van der Waals surface area contributed by atoms with Gasteiger partial charge in [0.25, 0.3) is 0 Å². The zero-order chi connectivity index (χ0) is 18.1. The van der Waals surface area contributed by atoms with Crippen LogP contribution >= 0.6 is 11.6 Å². The lowest BCUT2D eigenvalue weighted by atomic mass is 9.90. The number of aryl methyl sites for hydroxylation is 1. The van der Waals surface area contributed by atoms with Crippen molar-refractivity contribution in [3.05, 3.63) is 58.7 Å². The second kappa shape index (κ2) is 6.73. The molecule has 0 bridgehead atoms. The molecule has 0 spiro atoms. The van der Waals surface area contributed by atoms with Crippen LogP contribution in [0.2, 0.25) is 0 Å². The summed E-state index contributed by atoms with van der Waals surface area (Å²) in [6.07, 6.45) is 3.90. The average Bonchev–Trinajstić information content (AvgIpc) is 2.57. The van der Waals surface area contributed by atoms with Crippen LogP contribution in [0.4, 0.5) is 0 Å². The molecule has 0 unspecified atom stereocenters. The molecule has 0 N–H and O–H groups in total. The lowest BCUT2D eigenvalue weighted by molar-refractivity contribution is -0.132. The number of esters is 2. The van der Waals surface area contributed by atoms with Crippen molar-refractivity contribution in [1.82, 2.24) is 0 Å². The summed E-state index contributed by atoms with van der Waals surface area (Å²) in [5, 5.41) is 2.08. The van der Waals surface area contributed by atoms with Gasteiger partial charge in [-0.05, 0) is 19.4 Å². The highest BCUT2D eigenvalue weighted by molar-refractivity contribution is 6.30. The molecular weight excluding hydrogens is 340 g/mol. The summed E-state index contributed by atoms with van der Waals surface area (Å²) in [5.41, 5.74) is 2.58. The van der Waals surface area contributed by atoms with Gasteiger partial charge in [0.1, 0.15) is 11.5 Å². The summed E-state index contributed by atoms with van der Waals surface area (Å²) < 4.78 is 11.1. The summed E-state index contributed by atoms with van der Waals surface area (Å²) >= 11 is 6.21. The summed E-state index contributed by atoms with van der Waals surface area (Å²) in [4.78, 5) is 23.5. The van der Waals surface area contributed by atoms with E-state index in [0.717, 1.165) is 28.2 Å². The van der Waals surface area contributed by atoms with E-state index in [2.05, 4.69) is 6.58 Å². The summed E-state index contributed by atoms with van der Waals surface area (Å²) in [7, 11) is 0. The third kappa shape index (κ3) is 3.30. The number of ether oxygens (including phenoxy) is 2. The maximum atomic E-state index is 11.8. The monoisotopic (exact) mass is 356 g/mol. The number of hydrogen-bond acceptors (Lipinski definition) is 4. The lowest BCUT2D eigenvalue weighted by Gasteiger charge is -2.23. The van der Waals surface area contributed by atoms with Crippen molar-refractivity contribution in [2.24, 2.45) is 0 Å². The molecule has 0 saturated heterocycles. The molecule has 0 radical (unpaired) electrons. The van der Waals surface area contributed by atoms with Crippen molar-refractivity contribution >= 4 is 34.3 Å². The van der Waals surface area contributed by atoms with Gasteiger partial charge < -0.3 is 9.47 Å². The third-order valence-electron chi connectivity index (χ3n) is 4.07. The zero-order valence-electron chi connectivity index (χ0n) is 14.0. The molecule has 0 amide bonds. The Balaban J connectivity index is 2.37. The fourth-order valence-electron chi connectivity index (χ4n) is 3.02. The number of benzene rings is 2. The summed E-state index contributed by atoms with van der Waals surface area (Å²) in [6.45, 7) is 6.77. The maximum absolute atomic E-state index is 11.8. The second-order valence-corrected chi connectivity index (χ2v) is 6.40. The van der Waals surface area contributed by atoms with Crippen LogP contribution in [0.5, 0.6) is 11.5 Å². The SMILES string of the molecule is C=CC(=O)Oc1c2c(c(OC(C)=O)c3cc(C)ccc13)CC=C(Cl)C2. The Morgan fingerprint density at radius 3 is 2.56 bits per heavy atom. The van der Waals surface area contributed by atoms with Crippen LogP contribution in [0.3, 0.4) is 0 Å². The topological polar surface area (TPSA) is 52.6 Å². The minimum atomic E-state index is -0.546. The van der Waals surface area contributed by atoms with E-state index < -0.39 is 11.9 Å². The first-order chi connectivity index (χ1) is 11.9. The molecule has 25 heavy (non-hydrogen) atoms. The molecule has 0 aliphatic heterocycles. The van der Waals surface area contributed by atoms with E-state index in [1.807, 2.05) is 31.2 Å². The van der Waals surface area contributed by atoms with Crippen LogP contribution in [0.1, 0.15) is 23.6 Å². The third-order valence-corrected chi connectivity index (χ3v) is 4.35. The highest BCUT2D eigenvalue weighted by atomic mass is 35.5. The van der Waals surface area contributed by atoms with Gasteiger partial charge >= 0.3 is 11.9 Å². The van der Waals surface area contributed by atoms with Gasteiger partial charge in [0.05, 0.1) is 0 Å². The second-order valence-electron chi connectivity index (χ2n) is 5.92. The van der Waals surface area contributed by atoms with Crippen molar-refractivity contribution in [2.75, 3.05) is 0 Å². The Hall–Kier alpha value is -2.59. The van der Waals surface area contributed by atoms with Gasteiger partial charge in [0, 0.05) is 46.4 Å². The predicted octanol–water partition coefficient (Wildman–Crippen LogP) is 4.39. The van der Waals surface area contributed by atoms with E-state index in [-0.39, 0.29) is 0 Å². The van der Waals surface area contributed by atoms with E-state index >= 15 is 0 Å². The van der Waals surface area contributed by atoms with Gasteiger partial charge in [-0.2, -0.15) is 0 Å². The molecule has 2 aromatic rings. The minimum Gasteiger partial charge on any atom is -0.426 e. The molecule has 0 atom stereocenters. The van der Waals surface area contributed by atoms with Crippen molar-refractivity contribution in [2.45, 2.75) is 26.7 Å². The van der Waals surface area contributed by atoms with E-state index in [4.69, 9.17) is 21.1 Å². The Bertz CT molecular complexity index is 941. The van der Waals surface area contributed by atoms with Crippen LogP contribution in [0, 0.1) is 6.92 Å². The average molecular weight is 357 g/mol. The Labute approximate surface area is 150 Å². The predicted molar refractivity (Wildman–Crippen MR) is 97.2 cm³/mol. The Morgan fingerprint density at radius 1 is 1.16 bits per heavy atom. The highest BCUT2D eigenvalue weighted by Gasteiger charge is 2.26. The Kier molecular flexibility index (Phi) is 4.64. The molecule has 1 aliphatic rings. The molecule has 0 heterocycles. The Morgan fingerprint density at radius 2 is 1.88 bits per heavy atom. The van der Waals surface area contributed by atoms with Gasteiger partial charge in [-0.25, -0.2) is 4.79 Å². The van der Waals surface area contributed by atoms with Crippen molar-refractivity contribution < 1.29 is 19.1 Å². The number of allylic oxidation sites excluding steroid dienone is 2. The zero-order valence-corrected chi connectivity index (χ0v) is 14.8. The molecule has 3 rings (SSSR count). The number of halogens is 1. The van der Waals surface area contributed by atoms with E-state index in [1.165, 1.54) is 6.92 Å². The summed E-state index contributed by atoms with van der Waals surface area (Å²) in [6, 6.07) is 5.69. The first kappa shape index (κ1) is 17.2. The molecule has 0 aromatic heterocycles. The highest BCUT2D eigenvalue weighted by Crippen LogP contribution is 2.45. The molecular formula is C20H17ClO4. The van der Waals surface area contributed by atoms with Crippen LogP contribution in [0.15, 0.2) is 42.0 Å². The molecule has 2 aromatic carbocycles. The standard InChI is InChI=1S/C20H17ClO4/c1-4-18(23)25-20-14-7-5-11(2)9-16(14)19(24-12(3)22)15-8-6-13(21)10-17(15)20/h4-7,9H,1,8,10H2,2-3H3. The quantitative estimate of drug-likeness (QED) is 0.465. The van der Waals surface area contributed by atoms with Crippen molar-refractivity contribution in [1.29, 1.82) is 0 Å². The first-order valence-corrected chi connectivity index (χ1v) is 8.23. The van der Waals surface area contributed by atoms with Gasteiger partial charge in [-0.3, -0.25) is 4.79 Å². The number of rotatable bonds is 3. The number of fused-ring (bicyclic) bond motifs is 2. The molecule has 0 saturated carbocycles. The van der Waals surface area contributed by atoms with E-state index in [0.29, 0.717) is 34.8 Å². The van der Waals surface area contributed by atoms with Crippen LogP contribution in [-0.2, 0) is 22.4 Å². The largest absolute Gasteiger partial charge is 0.426 e. The lowest BCUT2D eigenvalue weighted by Crippen LogP contribution is -2.13. The van der Waals surface area contributed by atoms with Crippen molar-refractivity contribution in [3.63, 3.8) is 0 Å². The molecule has 5 heteroatoms. The number of carbonyl (C=O) groups is 2. The van der Waals surface area contributed by atoms with E-state index in [9.17, 15) is 9.59 Å². The van der Waals surface area contributed by atoms with Gasteiger partial charge in [0.2, 0.25) is 0 Å². The molecule has 0 fully saturated rings. The number of hydrogen-bond donors (Lipinski definition) is 0. The minimum absolute atomic E-state index is 0.401. The van der Waals surface area contributed by atoms with Crippen LogP contribution < -0.4 is 9.47 Å². The first-order valence-electron chi connectivity index (χ1n) is 7.86. The number of carbonyl (C=O) groups excluding carboxylic acids is 2. The van der Waals surface area contributed by atoms with Crippen LogP contribution in [0.25, 0.3) is 10.8 Å². The van der Waals surface area contributed by atoms with Gasteiger partial charge in [0.15, 0.2) is 0 Å². The molecule has 128 valence electrons. The molecule has 1 aliphatic carbocycles. The van der Waals surface area contributed by atoms with Gasteiger partial charge in [-0.1, -0.05) is 42.0 Å². The van der Waals surface area contributed by atoms with E-state index in [1.54, 1.807) is 0 Å².